The Morgan fingerprint density at radius 1 is 1.07 bits per heavy atom. The molecule has 1 saturated heterocycles. The fourth-order valence-electron chi connectivity index (χ4n) is 7.32. The number of amides is 1. The zero-order valence-electron chi connectivity index (χ0n) is 29.7. The van der Waals surface area contributed by atoms with Gasteiger partial charge in [-0.25, -0.2) is 0 Å². The fraction of sp³-hybridized carbons (Fsp3) is 0.366. The lowest BCUT2D eigenvalue weighted by Gasteiger charge is -2.38. The predicted octanol–water partition coefficient (Wildman–Crippen LogP) is 6.87. The lowest BCUT2D eigenvalue weighted by molar-refractivity contribution is -0.148. The number of nitriles is 1. The van der Waals surface area contributed by atoms with Crippen molar-refractivity contribution in [2.24, 2.45) is 0 Å². The number of nitrogens with zero attached hydrogens (tertiary/aromatic N) is 3. The number of carboxylic acids is 1. The number of benzene rings is 3. The summed E-state index contributed by atoms with van der Waals surface area (Å²) in [4.78, 5) is 30.0. The largest absolute Gasteiger partial charge is 0.492 e. The van der Waals surface area contributed by atoms with Gasteiger partial charge in [0.25, 0.3) is 0 Å². The quantitative estimate of drug-likeness (QED) is 0.110. The van der Waals surface area contributed by atoms with E-state index in [9.17, 15) is 20.0 Å². The third kappa shape index (κ3) is 8.27. The molecule has 1 aromatic heterocycles. The maximum atomic E-state index is 12.1. The third-order valence-electron chi connectivity index (χ3n) is 10.4. The smallest absolute Gasteiger partial charge is 0.323 e. The Labute approximate surface area is 324 Å². The van der Waals surface area contributed by atoms with Crippen LogP contribution in [-0.2, 0) is 29.2 Å². The molecular weight excluding hydrogens is 729 g/mol. The second-order valence-electron chi connectivity index (χ2n) is 13.9. The number of hydrogen-bond acceptors (Lipinski definition) is 9. The van der Waals surface area contributed by atoms with Crippen LogP contribution in [0, 0.1) is 11.3 Å². The van der Waals surface area contributed by atoms with Gasteiger partial charge in [-0.2, -0.15) is 5.26 Å². The monoisotopic (exact) mass is 769 g/mol. The number of hydrogen-bond donors (Lipinski definition) is 3. The van der Waals surface area contributed by atoms with Gasteiger partial charge >= 0.3 is 5.97 Å². The number of carbonyl (C=O) groups excluding carboxylic acids is 1. The van der Waals surface area contributed by atoms with Crippen LogP contribution in [0.25, 0.3) is 11.1 Å². The molecule has 13 heteroatoms. The van der Waals surface area contributed by atoms with E-state index >= 15 is 0 Å². The topological polar surface area (TPSA) is 146 Å². The van der Waals surface area contributed by atoms with E-state index in [1.807, 2.05) is 24.3 Å². The second kappa shape index (κ2) is 16.7. The number of aromatic nitrogens is 1. The minimum Gasteiger partial charge on any atom is -0.492 e. The number of piperazine rings is 1. The van der Waals surface area contributed by atoms with Gasteiger partial charge in [0.05, 0.1) is 28.8 Å². The molecule has 3 aromatic carbocycles. The van der Waals surface area contributed by atoms with Gasteiger partial charge in [0.1, 0.15) is 41.6 Å². The number of pyridine rings is 1. The standard InChI is InChI=1S/C41H41Cl2N5O6/c42-33-18-28(23-47-41(40(50)51)11-3-12-41)36(53-25-27-17-26(20-44)21-45-22-27)19-37(33)54-34-10-9-30-29(5-1-6-31(30)34)32-7-2-8-35(39(32)43)52-16-4-14-48-15-13-46-38(49)24-48/h1-2,5-8,17-19,21-22,34,47H,3-4,9-16,23-25H2,(H,46,49)(H,50,51)/t34-/m0/s1. The van der Waals surface area contributed by atoms with Crippen molar-refractivity contribution in [1.82, 2.24) is 20.5 Å². The van der Waals surface area contributed by atoms with E-state index in [0.717, 1.165) is 61.0 Å². The molecule has 0 spiro atoms. The molecule has 2 heterocycles. The van der Waals surface area contributed by atoms with Crippen LogP contribution in [0.1, 0.15) is 66.0 Å². The molecular formula is C41H41Cl2N5O6. The highest BCUT2D eigenvalue weighted by atomic mass is 35.5. The zero-order chi connectivity index (χ0) is 37.7. The average molecular weight is 771 g/mol. The van der Waals surface area contributed by atoms with Crippen molar-refractivity contribution in [2.45, 2.75) is 63.3 Å². The normalized spacial score (nSPS) is 17.5. The van der Waals surface area contributed by atoms with E-state index in [2.05, 4.69) is 38.7 Å². The summed E-state index contributed by atoms with van der Waals surface area (Å²) in [6.07, 6.45) is 7.04. The van der Waals surface area contributed by atoms with Gasteiger partial charge in [-0.3, -0.25) is 24.8 Å². The van der Waals surface area contributed by atoms with Gasteiger partial charge in [0.15, 0.2) is 0 Å². The molecule has 1 aliphatic heterocycles. The molecule has 4 aromatic rings. The predicted molar refractivity (Wildman–Crippen MR) is 204 cm³/mol. The first-order chi connectivity index (χ1) is 26.2. The zero-order valence-corrected chi connectivity index (χ0v) is 31.2. The Hall–Kier alpha value is -4.86. The number of carboxylic acid groups (broad SMARTS) is 1. The summed E-state index contributed by atoms with van der Waals surface area (Å²) in [5, 5.41) is 26.2. The minimum absolute atomic E-state index is 0.0539. The Bertz CT molecular complexity index is 2080. The van der Waals surface area contributed by atoms with Crippen LogP contribution in [0.2, 0.25) is 10.0 Å². The molecule has 1 saturated carbocycles. The van der Waals surface area contributed by atoms with Crippen molar-refractivity contribution in [1.29, 1.82) is 5.26 Å². The maximum absolute atomic E-state index is 12.1. The van der Waals surface area contributed by atoms with E-state index in [0.29, 0.717) is 76.5 Å². The highest BCUT2D eigenvalue weighted by Crippen LogP contribution is 2.45. The Morgan fingerprint density at radius 3 is 2.69 bits per heavy atom. The maximum Gasteiger partial charge on any atom is 0.323 e. The number of aliphatic carboxylic acids is 1. The summed E-state index contributed by atoms with van der Waals surface area (Å²) < 4.78 is 19.0. The highest BCUT2D eigenvalue weighted by Gasteiger charge is 2.44. The van der Waals surface area contributed by atoms with E-state index in [1.165, 1.54) is 6.20 Å². The molecule has 1 amide bonds. The summed E-state index contributed by atoms with van der Waals surface area (Å²) in [5.74, 6) is 0.726. The summed E-state index contributed by atoms with van der Waals surface area (Å²) >= 11 is 13.8. The molecule has 3 N–H and O–H groups in total. The van der Waals surface area contributed by atoms with Crippen molar-refractivity contribution >= 4 is 35.1 Å². The molecule has 280 valence electrons. The van der Waals surface area contributed by atoms with E-state index in [-0.39, 0.29) is 25.2 Å². The van der Waals surface area contributed by atoms with Crippen LogP contribution in [-0.4, -0.2) is 65.2 Å². The first-order valence-corrected chi connectivity index (χ1v) is 19.0. The van der Waals surface area contributed by atoms with Gasteiger partial charge < -0.3 is 24.6 Å². The molecule has 2 fully saturated rings. The summed E-state index contributed by atoms with van der Waals surface area (Å²) in [7, 11) is 0. The summed E-state index contributed by atoms with van der Waals surface area (Å²) in [6, 6.07) is 19.3. The molecule has 7 rings (SSSR count). The minimum atomic E-state index is -0.975. The third-order valence-corrected chi connectivity index (χ3v) is 11.1. The molecule has 54 heavy (non-hydrogen) atoms. The van der Waals surface area contributed by atoms with E-state index in [1.54, 1.807) is 24.4 Å². The number of ether oxygens (including phenoxy) is 3. The SMILES string of the molecule is N#Cc1cncc(COc2cc(O[C@H]3CCc4c(-c5cccc(OCCCN6CCNC(=O)C6)c5Cl)cccc43)c(Cl)cc2CNC2(C(=O)O)CCC2)c1. The van der Waals surface area contributed by atoms with Crippen LogP contribution in [0.15, 0.2) is 67.0 Å². The molecule has 11 nitrogen and oxygen atoms in total. The lowest BCUT2D eigenvalue weighted by atomic mass is 9.76. The van der Waals surface area contributed by atoms with Gasteiger partial charge in [0, 0.05) is 61.3 Å². The summed E-state index contributed by atoms with van der Waals surface area (Å²) in [5.41, 5.74) is 4.93. The number of carbonyl (C=O) groups is 2. The first kappa shape index (κ1) is 37.5. The highest BCUT2D eigenvalue weighted by molar-refractivity contribution is 6.35. The van der Waals surface area contributed by atoms with Crippen molar-refractivity contribution in [3.63, 3.8) is 0 Å². The Balaban J connectivity index is 1.08. The lowest BCUT2D eigenvalue weighted by Crippen LogP contribution is -2.56. The molecule has 3 aliphatic rings. The second-order valence-corrected chi connectivity index (χ2v) is 14.7. The van der Waals surface area contributed by atoms with Gasteiger partial charge in [-0.05, 0) is 73.4 Å². The van der Waals surface area contributed by atoms with E-state index in [4.69, 9.17) is 37.4 Å². The van der Waals surface area contributed by atoms with Crippen molar-refractivity contribution < 1.29 is 28.9 Å². The molecule has 0 bridgehead atoms. The Morgan fingerprint density at radius 2 is 1.91 bits per heavy atom. The van der Waals surface area contributed by atoms with Crippen molar-refractivity contribution in [2.75, 3.05) is 32.8 Å². The van der Waals surface area contributed by atoms with Gasteiger partial charge in [-0.1, -0.05) is 53.5 Å². The molecule has 2 aliphatic carbocycles. The number of nitrogens with one attached hydrogen (secondary N) is 2. The Kier molecular flexibility index (Phi) is 11.6. The molecule has 1 atom stereocenters. The van der Waals surface area contributed by atoms with Crippen LogP contribution in [0.5, 0.6) is 17.2 Å². The average Bonchev–Trinajstić information content (AvgIpc) is 3.57. The van der Waals surface area contributed by atoms with Crippen LogP contribution >= 0.6 is 23.2 Å². The van der Waals surface area contributed by atoms with Crippen molar-refractivity contribution in [3.05, 3.63) is 105 Å². The molecule has 0 radical (unpaired) electrons. The number of rotatable bonds is 15. The van der Waals surface area contributed by atoms with Gasteiger partial charge in [-0.15, -0.1) is 0 Å². The molecule has 0 unspecified atom stereocenters. The van der Waals surface area contributed by atoms with Crippen LogP contribution in [0.3, 0.4) is 0 Å². The first-order valence-electron chi connectivity index (χ1n) is 18.2. The fourth-order valence-corrected chi connectivity index (χ4v) is 7.83. The van der Waals surface area contributed by atoms with Crippen molar-refractivity contribution in [3.8, 4) is 34.4 Å². The van der Waals surface area contributed by atoms with Crippen LogP contribution < -0.4 is 24.8 Å². The number of fused-ring (bicyclic) bond motifs is 1. The number of halogens is 2. The summed E-state index contributed by atoms with van der Waals surface area (Å²) in [6.45, 7) is 3.54. The van der Waals surface area contributed by atoms with Crippen LogP contribution in [0.4, 0.5) is 0 Å². The van der Waals surface area contributed by atoms with E-state index < -0.39 is 11.5 Å². The van der Waals surface area contributed by atoms with Gasteiger partial charge in [0.2, 0.25) is 5.91 Å².